The molecule has 1 heterocycles. The van der Waals surface area contributed by atoms with Crippen LogP contribution in [0.15, 0.2) is 0 Å². The van der Waals surface area contributed by atoms with Gasteiger partial charge in [0.05, 0.1) is 0 Å². The van der Waals surface area contributed by atoms with E-state index in [1.807, 2.05) is 47.0 Å². The number of rotatable bonds is 12. The van der Waals surface area contributed by atoms with Gasteiger partial charge in [-0.05, 0) is 73.7 Å². The van der Waals surface area contributed by atoms with Crippen LogP contribution in [0.3, 0.4) is 0 Å². The summed E-state index contributed by atoms with van der Waals surface area (Å²) in [7, 11) is 0. The molecule has 0 spiro atoms. The van der Waals surface area contributed by atoms with Gasteiger partial charge in [-0.2, -0.15) is 47.0 Å². The summed E-state index contributed by atoms with van der Waals surface area (Å²) in [5, 5.41) is 15.6. The van der Waals surface area contributed by atoms with Gasteiger partial charge in [0.15, 0.2) is 0 Å². The van der Waals surface area contributed by atoms with Crippen molar-refractivity contribution in [3.63, 3.8) is 0 Å². The zero-order valence-corrected chi connectivity index (χ0v) is 21.7. The summed E-state index contributed by atoms with van der Waals surface area (Å²) >= 11 is 7.83. The van der Waals surface area contributed by atoms with E-state index in [0.717, 1.165) is 26.2 Å². The van der Waals surface area contributed by atoms with Crippen LogP contribution in [0.2, 0.25) is 0 Å². The molecule has 0 saturated carbocycles. The molecule has 168 valence electrons. The minimum absolute atomic E-state index is 0.564. The Balaban J connectivity index is 2.73. The summed E-state index contributed by atoms with van der Waals surface area (Å²) in [6, 6.07) is 2.26. The smallest absolute Gasteiger partial charge is 0.0201 e. The maximum atomic E-state index is 3.89. The molecule has 4 nitrogen and oxygen atoms in total. The summed E-state index contributed by atoms with van der Waals surface area (Å²) < 4.78 is 0. The highest BCUT2D eigenvalue weighted by Crippen LogP contribution is 2.08. The topological polar surface area (TPSA) is 48.1 Å². The van der Waals surface area contributed by atoms with Crippen LogP contribution in [-0.4, -0.2) is 98.4 Å². The summed E-state index contributed by atoms with van der Waals surface area (Å²) in [6.45, 7) is 4.30. The molecule has 4 atom stereocenters. The molecule has 0 amide bonds. The molecule has 4 N–H and O–H groups in total. The molecule has 0 aliphatic carbocycles. The molecule has 1 rings (SSSR count). The van der Waals surface area contributed by atoms with Gasteiger partial charge in [0.1, 0.15) is 0 Å². The highest BCUT2D eigenvalue weighted by molar-refractivity contribution is 7.99. The van der Waals surface area contributed by atoms with Gasteiger partial charge in [-0.15, -0.1) is 0 Å². The Morgan fingerprint density at radius 2 is 0.679 bits per heavy atom. The zero-order valence-electron chi connectivity index (χ0n) is 18.4. The first-order chi connectivity index (χ1) is 13.7. The number of nitrogens with one attached hydrogen (secondary N) is 4. The first-order valence-electron chi connectivity index (χ1n) is 10.6. The van der Waals surface area contributed by atoms with Crippen molar-refractivity contribution in [3.8, 4) is 0 Å². The highest BCUT2D eigenvalue weighted by Gasteiger charge is 2.19. The maximum absolute atomic E-state index is 3.89. The average Bonchev–Trinajstić information content (AvgIpc) is 2.71. The van der Waals surface area contributed by atoms with E-state index < -0.39 is 0 Å². The van der Waals surface area contributed by atoms with Crippen LogP contribution in [0.5, 0.6) is 0 Å². The second-order valence-corrected chi connectivity index (χ2v) is 11.5. The van der Waals surface area contributed by atoms with Gasteiger partial charge in [0.25, 0.3) is 0 Å². The molecule has 1 aliphatic rings. The molecule has 0 aromatic rings. The van der Waals surface area contributed by atoms with Crippen LogP contribution >= 0.6 is 47.0 Å². The Labute approximate surface area is 191 Å². The van der Waals surface area contributed by atoms with Crippen LogP contribution in [0.25, 0.3) is 0 Å². The van der Waals surface area contributed by atoms with E-state index in [2.05, 4.69) is 46.3 Å². The van der Waals surface area contributed by atoms with Crippen molar-refractivity contribution in [2.24, 2.45) is 0 Å². The standard InChI is InChI=1S/C20H44N4S4/c1-25-9-5-17-13-22-19(7-11-27-3)15-24-20(8-12-28-4)16-23-18(14-21-17)6-10-26-2/h17-24H,5-16H2,1-4H3/t17-,18-,19-,20-/m1/s1. The minimum Gasteiger partial charge on any atom is -0.311 e. The fraction of sp³-hybridized carbons (Fsp3) is 1.00. The van der Waals surface area contributed by atoms with Crippen molar-refractivity contribution in [2.45, 2.75) is 49.9 Å². The summed E-state index contributed by atoms with van der Waals surface area (Å²) in [6.07, 6.45) is 13.8. The van der Waals surface area contributed by atoms with Crippen LogP contribution in [-0.2, 0) is 0 Å². The minimum atomic E-state index is 0.564. The molecule has 0 bridgehead atoms. The van der Waals surface area contributed by atoms with E-state index in [9.17, 15) is 0 Å². The Kier molecular flexibility index (Phi) is 18.5. The maximum Gasteiger partial charge on any atom is 0.0201 e. The Hall–Kier alpha value is 1.24. The molecule has 0 aromatic carbocycles. The second kappa shape index (κ2) is 19.0. The molecular formula is C20H44N4S4. The summed E-state index contributed by atoms with van der Waals surface area (Å²) in [5.41, 5.74) is 0. The molecule has 8 heteroatoms. The van der Waals surface area contributed by atoms with Gasteiger partial charge in [-0.1, -0.05) is 0 Å². The lowest BCUT2D eigenvalue weighted by molar-refractivity contribution is 0.336. The lowest BCUT2D eigenvalue weighted by Crippen LogP contribution is -2.54. The number of thioether (sulfide) groups is 4. The van der Waals surface area contributed by atoms with Gasteiger partial charge < -0.3 is 21.3 Å². The molecular weight excluding hydrogens is 425 g/mol. The Morgan fingerprint density at radius 1 is 0.464 bits per heavy atom. The molecule has 1 saturated heterocycles. The first kappa shape index (κ1) is 27.3. The third-order valence-corrected chi connectivity index (χ3v) is 7.87. The third kappa shape index (κ3) is 13.5. The predicted octanol–water partition coefficient (Wildman–Crippen LogP) is 2.85. The van der Waals surface area contributed by atoms with Crippen molar-refractivity contribution < 1.29 is 0 Å². The van der Waals surface area contributed by atoms with E-state index in [1.54, 1.807) is 0 Å². The van der Waals surface area contributed by atoms with Crippen LogP contribution in [0, 0.1) is 0 Å². The van der Waals surface area contributed by atoms with Gasteiger partial charge in [0.2, 0.25) is 0 Å². The Bertz CT molecular complexity index is 272. The van der Waals surface area contributed by atoms with Crippen LogP contribution < -0.4 is 21.3 Å². The van der Waals surface area contributed by atoms with Gasteiger partial charge in [-0.25, -0.2) is 0 Å². The van der Waals surface area contributed by atoms with E-state index >= 15 is 0 Å². The third-order valence-electron chi connectivity index (χ3n) is 5.29. The largest absolute Gasteiger partial charge is 0.311 e. The molecule has 1 aliphatic heterocycles. The van der Waals surface area contributed by atoms with Gasteiger partial charge in [0, 0.05) is 50.3 Å². The zero-order chi connectivity index (χ0) is 20.5. The summed E-state index contributed by atoms with van der Waals surface area (Å²) in [5.74, 6) is 4.92. The second-order valence-electron chi connectivity index (χ2n) is 7.55. The van der Waals surface area contributed by atoms with Crippen molar-refractivity contribution in [3.05, 3.63) is 0 Å². The fourth-order valence-electron chi connectivity index (χ4n) is 3.38. The van der Waals surface area contributed by atoms with Crippen LogP contribution in [0.4, 0.5) is 0 Å². The molecule has 0 unspecified atom stereocenters. The van der Waals surface area contributed by atoms with E-state index in [0.29, 0.717) is 24.2 Å². The van der Waals surface area contributed by atoms with Crippen LogP contribution in [0.1, 0.15) is 25.7 Å². The number of hydrogen-bond acceptors (Lipinski definition) is 8. The molecule has 0 radical (unpaired) electrons. The quantitative estimate of drug-likeness (QED) is 0.349. The monoisotopic (exact) mass is 468 g/mol. The van der Waals surface area contributed by atoms with Crippen molar-refractivity contribution >= 4 is 47.0 Å². The lowest BCUT2D eigenvalue weighted by atomic mass is 10.1. The average molecular weight is 469 g/mol. The van der Waals surface area contributed by atoms with Gasteiger partial charge >= 0.3 is 0 Å². The van der Waals surface area contributed by atoms with Crippen molar-refractivity contribution in [1.29, 1.82) is 0 Å². The normalized spacial score (nSPS) is 27.9. The van der Waals surface area contributed by atoms with E-state index in [1.165, 1.54) is 48.7 Å². The van der Waals surface area contributed by atoms with Crippen molar-refractivity contribution in [2.75, 3.05) is 74.2 Å². The SMILES string of the molecule is CSCC[C@@H]1CN[C@H](CCSC)CN[C@H](CCSC)CN[C@H](CCSC)CN1. The Morgan fingerprint density at radius 3 is 0.857 bits per heavy atom. The number of hydrogen-bond donors (Lipinski definition) is 4. The van der Waals surface area contributed by atoms with E-state index in [4.69, 9.17) is 0 Å². The first-order valence-corrected chi connectivity index (χ1v) is 16.2. The molecule has 1 fully saturated rings. The molecule has 28 heavy (non-hydrogen) atoms. The summed E-state index contributed by atoms with van der Waals surface area (Å²) in [4.78, 5) is 0. The van der Waals surface area contributed by atoms with Crippen molar-refractivity contribution in [1.82, 2.24) is 21.3 Å². The van der Waals surface area contributed by atoms with Gasteiger partial charge in [-0.3, -0.25) is 0 Å². The van der Waals surface area contributed by atoms with E-state index in [-0.39, 0.29) is 0 Å². The highest BCUT2D eigenvalue weighted by atomic mass is 32.2. The fourth-order valence-corrected chi connectivity index (χ4v) is 5.46. The predicted molar refractivity (Wildman–Crippen MR) is 139 cm³/mol. The lowest BCUT2D eigenvalue weighted by Gasteiger charge is -2.31. The molecule has 0 aromatic heterocycles.